The van der Waals surface area contributed by atoms with Crippen LogP contribution in [0.15, 0.2) is 53.8 Å². The lowest BCUT2D eigenvalue weighted by atomic mass is 9.99. The number of benzene rings is 1. The lowest BCUT2D eigenvalue weighted by molar-refractivity contribution is 0.582. The summed E-state index contributed by atoms with van der Waals surface area (Å²) in [5.41, 5.74) is 5.18. The fourth-order valence-corrected chi connectivity index (χ4v) is 4.28. The van der Waals surface area contributed by atoms with Gasteiger partial charge in [0.15, 0.2) is 0 Å². The molecule has 32 heavy (non-hydrogen) atoms. The van der Waals surface area contributed by atoms with Gasteiger partial charge in [0.1, 0.15) is 11.6 Å². The van der Waals surface area contributed by atoms with Crippen molar-refractivity contribution in [2.45, 2.75) is 6.54 Å². The van der Waals surface area contributed by atoms with Crippen molar-refractivity contribution in [3.05, 3.63) is 76.7 Å². The first-order valence-corrected chi connectivity index (χ1v) is 10.4. The molecular weight excluding hydrogens is 434 g/mol. The van der Waals surface area contributed by atoms with Crippen molar-refractivity contribution in [1.29, 1.82) is 0 Å². The first-order chi connectivity index (χ1) is 15.6. The van der Waals surface area contributed by atoms with Gasteiger partial charge in [-0.1, -0.05) is 17.7 Å². The van der Waals surface area contributed by atoms with Gasteiger partial charge in [-0.05, 0) is 24.3 Å². The number of imidazole rings is 1. The van der Waals surface area contributed by atoms with Crippen LogP contribution in [0, 0.1) is 11.6 Å². The van der Waals surface area contributed by atoms with E-state index in [4.69, 9.17) is 16.6 Å². The fourth-order valence-electron chi connectivity index (χ4n) is 4.12. The van der Waals surface area contributed by atoms with E-state index >= 15 is 0 Å². The Hall–Kier alpha value is -3.65. The summed E-state index contributed by atoms with van der Waals surface area (Å²) < 4.78 is 30.2. The minimum Gasteiger partial charge on any atom is -0.354 e. The summed E-state index contributed by atoms with van der Waals surface area (Å²) in [6.45, 7) is 2.07. The second kappa shape index (κ2) is 7.20. The summed E-state index contributed by atoms with van der Waals surface area (Å²) >= 11 is 5.89. The van der Waals surface area contributed by atoms with Crippen LogP contribution in [0.2, 0.25) is 5.02 Å². The van der Waals surface area contributed by atoms with Crippen molar-refractivity contribution in [1.82, 2.24) is 19.5 Å². The largest absolute Gasteiger partial charge is 0.354 e. The fraction of sp³-hybridized carbons (Fsp3) is 0.130. The maximum Gasteiger partial charge on any atom is 0.203 e. The quantitative estimate of drug-likeness (QED) is 0.460. The predicted octanol–water partition coefficient (Wildman–Crippen LogP) is 4.74. The second-order valence-electron chi connectivity index (χ2n) is 7.56. The number of fused-ring (bicyclic) bond motifs is 2. The predicted molar refractivity (Wildman–Crippen MR) is 120 cm³/mol. The van der Waals surface area contributed by atoms with Gasteiger partial charge in [-0.3, -0.25) is 9.98 Å². The van der Waals surface area contributed by atoms with Crippen LogP contribution in [0.25, 0.3) is 27.9 Å². The average molecular weight is 449 g/mol. The molecule has 0 amide bonds. The molecule has 3 aromatic heterocycles. The van der Waals surface area contributed by atoms with E-state index in [0.29, 0.717) is 29.0 Å². The summed E-state index contributed by atoms with van der Waals surface area (Å²) in [4.78, 5) is 18.1. The minimum atomic E-state index is -0.805. The number of hydrogen-bond donors (Lipinski definition) is 1. The Balaban J connectivity index is 1.41. The molecule has 0 saturated heterocycles. The molecule has 0 bridgehead atoms. The molecule has 0 unspecified atom stereocenters. The molecule has 0 radical (unpaired) electrons. The van der Waals surface area contributed by atoms with Crippen LogP contribution in [0.1, 0.15) is 11.3 Å². The zero-order valence-corrected chi connectivity index (χ0v) is 17.4. The monoisotopic (exact) mass is 448 g/mol. The number of allylic oxidation sites excluding steroid dienone is 1. The van der Waals surface area contributed by atoms with Gasteiger partial charge in [-0.15, -0.1) is 0 Å². The zero-order valence-electron chi connectivity index (χ0n) is 16.6. The SMILES string of the molecule is Fc1cc(F)c(C2=NCC=C2c2ccc3ncc(-c4cnc5n4CCN5)cc3n2)cc1Cl. The molecule has 5 heterocycles. The van der Waals surface area contributed by atoms with Crippen molar-refractivity contribution in [2.24, 2.45) is 4.99 Å². The highest BCUT2D eigenvalue weighted by atomic mass is 35.5. The molecule has 6 nitrogen and oxygen atoms in total. The van der Waals surface area contributed by atoms with Crippen LogP contribution < -0.4 is 5.32 Å². The molecular formula is C23H15ClF2N6. The summed E-state index contributed by atoms with van der Waals surface area (Å²) in [7, 11) is 0. The molecule has 6 rings (SSSR count). The molecule has 4 aromatic rings. The Morgan fingerprint density at radius 3 is 2.81 bits per heavy atom. The number of anilines is 1. The molecule has 0 spiro atoms. The van der Waals surface area contributed by atoms with Gasteiger partial charge >= 0.3 is 0 Å². The molecule has 9 heteroatoms. The van der Waals surface area contributed by atoms with E-state index in [1.54, 1.807) is 0 Å². The molecule has 0 saturated carbocycles. The number of nitrogens with one attached hydrogen (secondary N) is 1. The molecule has 2 aliphatic heterocycles. The van der Waals surface area contributed by atoms with Crippen molar-refractivity contribution >= 4 is 39.9 Å². The molecule has 1 aromatic carbocycles. The standard InChI is InChI=1S/C23H15ClF2N6/c24-15-8-14(16(25)9-17(15)26)22-13(3-4-27-22)18-1-2-19-20(31-18)7-12(10-29-19)21-11-30-23-28-5-6-32(21)23/h1-3,7-11H,4-6H2,(H,28,30). The summed E-state index contributed by atoms with van der Waals surface area (Å²) in [6.07, 6.45) is 5.50. The van der Waals surface area contributed by atoms with Gasteiger partial charge in [-0.2, -0.15) is 0 Å². The maximum absolute atomic E-state index is 14.5. The Kier molecular flexibility index (Phi) is 4.29. The van der Waals surface area contributed by atoms with Crippen LogP contribution in [-0.4, -0.2) is 38.3 Å². The Morgan fingerprint density at radius 2 is 1.91 bits per heavy atom. The Labute approximate surface area is 186 Å². The maximum atomic E-state index is 14.5. The van der Waals surface area contributed by atoms with Crippen molar-refractivity contribution in [2.75, 3.05) is 18.4 Å². The van der Waals surface area contributed by atoms with Gasteiger partial charge in [0.25, 0.3) is 0 Å². The summed E-state index contributed by atoms with van der Waals surface area (Å²) in [5, 5.41) is 3.08. The number of halogens is 3. The lowest BCUT2D eigenvalue weighted by Crippen LogP contribution is -2.07. The van der Waals surface area contributed by atoms with Crippen LogP contribution in [0.5, 0.6) is 0 Å². The molecule has 0 fully saturated rings. The van der Waals surface area contributed by atoms with Crippen LogP contribution in [0.4, 0.5) is 14.7 Å². The summed E-state index contributed by atoms with van der Waals surface area (Å²) in [6, 6.07) is 7.70. The van der Waals surface area contributed by atoms with E-state index in [2.05, 4.69) is 24.8 Å². The third-order valence-electron chi connectivity index (χ3n) is 5.65. The third kappa shape index (κ3) is 2.98. The highest BCUT2D eigenvalue weighted by molar-refractivity contribution is 6.35. The van der Waals surface area contributed by atoms with Gasteiger partial charge in [0.05, 0.1) is 45.9 Å². The van der Waals surface area contributed by atoms with Gasteiger partial charge in [0.2, 0.25) is 5.95 Å². The topological polar surface area (TPSA) is 68.0 Å². The Bertz CT molecular complexity index is 1470. The first-order valence-electron chi connectivity index (χ1n) is 10.1. The van der Waals surface area contributed by atoms with E-state index in [1.165, 1.54) is 6.07 Å². The number of pyridine rings is 2. The van der Waals surface area contributed by atoms with E-state index in [0.717, 1.165) is 41.9 Å². The highest BCUT2D eigenvalue weighted by Crippen LogP contribution is 2.30. The Morgan fingerprint density at radius 1 is 1.00 bits per heavy atom. The third-order valence-corrected chi connectivity index (χ3v) is 5.94. The first kappa shape index (κ1) is 19.1. The van der Waals surface area contributed by atoms with E-state index in [9.17, 15) is 8.78 Å². The lowest BCUT2D eigenvalue weighted by Gasteiger charge is -2.10. The van der Waals surface area contributed by atoms with Crippen molar-refractivity contribution < 1.29 is 8.78 Å². The molecule has 2 aliphatic rings. The van der Waals surface area contributed by atoms with Crippen molar-refractivity contribution in [3.63, 3.8) is 0 Å². The normalized spacial score (nSPS) is 15.0. The average Bonchev–Trinajstić information content (AvgIpc) is 3.52. The number of rotatable bonds is 3. The molecule has 1 N–H and O–H groups in total. The number of hydrogen-bond acceptors (Lipinski definition) is 5. The summed E-state index contributed by atoms with van der Waals surface area (Å²) in [5.74, 6) is -0.675. The molecule has 0 aliphatic carbocycles. The van der Waals surface area contributed by atoms with Crippen molar-refractivity contribution in [3.8, 4) is 11.3 Å². The van der Waals surface area contributed by atoms with Gasteiger partial charge in [-0.25, -0.2) is 18.7 Å². The van der Waals surface area contributed by atoms with Crippen LogP contribution in [0.3, 0.4) is 0 Å². The van der Waals surface area contributed by atoms with Crippen LogP contribution in [-0.2, 0) is 6.54 Å². The number of aromatic nitrogens is 4. The van der Waals surface area contributed by atoms with E-state index < -0.39 is 11.6 Å². The second-order valence-corrected chi connectivity index (χ2v) is 7.96. The van der Waals surface area contributed by atoms with E-state index in [1.807, 2.05) is 36.7 Å². The highest BCUT2D eigenvalue weighted by Gasteiger charge is 2.22. The molecule has 0 atom stereocenters. The zero-order chi connectivity index (χ0) is 21.8. The van der Waals surface area contributed by atoms with E-state index in [-0.39, 0.29) is 10.6 Å². The van der Waals surface area contributed by atoms with Gasteiger partial charge in [0, 0.05) is 42.1 Å². The number of aliphatic imine (C=N–C) groups is 1. The minimum absolute atomic E-state index is 0.149. The smallest absolute Gasteiger partial charge is 0.203 e. The van der Waals surface area contributed by atoms with Crippen LogP contribution >= 0.6 is 11.6 Å². The number of nitrogens with zero attached hydrogens (tertiary/aromatic N) is 5. The van der Waals surface area contributed by atoms with Gasteiger partial charge < -0.3 is 9.88 Å². The molecule has 158 valence electrons.